The van der Waals surface area contributed by atoms with Gasteiger partial charge in [-0.05, 0) is 55.7 Å². The molecule has 2 aromatic rings. The molecule has 110 valence electrons. The maximum Gasteiger partial charge on any atom is 0.134 e. The summed E-state index contributed by atoms with van der Waals surface area (Å²) in [6.45, 7) is 0.707. The average molecular weight is 287 g/mol. The second-order valence-electron chi connectivity index (χ2n) is 5.87. The first kappa shape index (κ1) is 13.0. The molecule has 1 aromatic carbocycles. The van der Waals surface area contributed by atoms with Crippen molar-refractivity contribution in [1.29, 1.82) is 0 Å². The summed E-state index contributed by atoms with van der Waals surface area (Å²) in [5, 5.41) is 3.52. The summed E-state index contributed by atoms with van der Waals surface area (Å²) in [6, 6.07) is 10.7. The van der Waals surface area contributed by atoms with Crippen LogP contribution in [0.15, 0.2) is 40.8 Å². The molecule has 3 atom stereocenters. The normalized spacial score (nSPS) is 27.4. The number of hydrogen-bond acceptors (Lipinski definition) is 3. The number of benzene rings is 1. The number of fused-ring (bicyclic) bond motifs is 2. The van der Waals surface area contributed by atoms with E-state index < -0.39 is 0 Å². The molecule has 2 aliphatic rings. The van der Waals surface area contributed by atoms with Crippen molar-refractivity contribution in [2.75, 3.05) is 0 Å². The Morgan fingerprint density at radius 2 is 1.95 bits per heavy atom. The predicted octanol–water partition coefficient (Wildman–Crippen LogP) is 3.50. The molecule has 0 radical (unpaired) electrons. The van der Waals surface area contributed by atoms with Crippen molar-refractivity contribution in [3.05, 3.63) is 48.0 Å². The van der Waals surface area contributed by atoms with Crippen LogP contribution >= 0.6 is 0 Å². The average Bonchev–Trinajstić information content (AvgIpc) is 3.22. The summed E-state index contributed by atoms with van der Waals surface area (Å²) in [4.78, 5) is 0. The van der Waals surface area contributed by atoms with E-state index in [1.54, 1.807) is 12.1 Å². The van der Waals surface area contributed by atoms with Crippen LogP contribution in [-0.2, 0) is 11.3 Å². The fourth-order valence-corrected chi connectivity index (χ4v) is 3.33. The fraction of sp³-hybridized carbons (Fsp3) is 0.412. The fourth-order valence-electron chi connectivity index (χ4n) is 3.33. The smallest absolute Gasteiger partial charge is 0.134 e. The summed E-state index contributed by atoms with van der Waals surface area (Å²) in [5.74, 6) is 1.44. The first-order chi connectivity index (χ1) is 10.3. The van der Waals surface area contributed by atoms with Crippen molar-refractivity contribution in [3.8, 4) is 11.3 Å². The van der Waals surface area contributed by atoms with Crippen LogP contribution in [0.4, 0.5) is 4.39 Å². The molecule has 2 fully saturated rings. The van der Waals surface area contributed by atoms with Crippen molar-refractivity contribution in [1.82, 2.24) is 5.32 Å². The van der Waals surface area contributed by atoms with Crippen LogP contribution in [0.5, 0.6) is 0 Å². The van der Waals surface area contributed by atoms with E-state index in [-0.39, 0.29) is 5.82 Å². The Hall–Kier alpha value is -1.65. The van der Waals surface area contributed by atoms with Gasteiger partial charge in [-0.3, -0.25) is 0 Å². The van der Waals surface area contributed by atoms with Gasteiger partial charge < -0.3 is 14.5 Å². The van der Waals surface area contributed by atoms with Crippen LogP contribution in [0.25, 0.3) is 11.3 Å². The molecular formula is C17H18FNO2. The largest absolute Gasteiger partial charge is 0.460 e. The zero-order chi connectivity index (χ0) is 14.2. The number of nitrogens with one attached hydrogen (secondary N) is 1. The Bertz CT molecular complexity index is 622. The molecule has 2 saturated heterocycles. The van der Waals surface area contributed by atoms with E-state index in [1.807, 2.05) is 12.1 Å². The van der Waals surface area contributed by atoms with Crippen molar-refractivity contribution < 1.29 is 13.5 Å². The van der Waals surface area contributed by atoms with Gasteiger partial charge in [0.1, 0.15) is 17.3 Å². The molecule has 1 N–H and O–H groups in total. The molecule has 1 aromatic heterocycles. The van der Waals surface area contributed by atoms with Crippen molar-refractivity contribution in [2.45, 2.75) is 44.1 Å². The van der Waals surface area contributed by atoms with Crippen LogP contribution in [0.1, 0.15) is 25.0 Å². The highest BCUT2D eigenvalue weighted by atomic mass is 19.1. The van der Waals surface area contributed by atoms with Crippen LogP contribution in [0, 0.1) is 5.82 Å². The van der Waals surface area contributed by atoms with E-state index in [2.05, 4.69) is 5.32 Å². The minimum Gasteiger partial charge on any atom is -0.460 e. The van der Waals surface area contributed by atoms with Crippen molar-refractivity contribution in [2.24, 2.45) is 0 Å². The highest BCUT2D eigenvalue weighted by molar-refractivity contribution is 5.57. The predicted molar refractivity (Wildman–Crippen MR) is 77.2 cm³/mol. The Morgan fingerprint density at radius 3 is 2.67 bits per heavy atom. The number of halogens is 1. The lowest BCUT2D eigenvalue weighted by molar-refractivity contribution is 0.0971. The van der Waals surface area contributed by atoms with Gasteiger partial charge in [-0.15, -0.1) is 0 Å². The van der Waals surface area contributed by atoms with Gasteiger partial charge in [0, 0.05) is 11.6 Å². The topological polar surface area (TPSA) is 34.4 Å². The molecule has 4 heteroatoms. The van der Waals surface area contributed by atoms with Gasteiger partial charge in [0.15, 0.2) is 0 Å². The van der Waals surface area contributed by atoms with E-state index in [4.69, 9.17) is 9.15 Å². The lowest BCUT2D eigenvalue weighted by Crippen LogP contribution is -2.36. The van der Waals surface area contributed by atoms with E-state index in [1.165, 1.54) is 25.0 Å². The van der Waals surface area contributed by atoms with Crippen LogP contribution in [-0.4, -0.2) is 18.2 Å². The minimum atomic E-state index is -0.233. The lowest BCUT2D eigenvalue weighted by atomic mass is 9.95. The first-order valence-corrected chi connectivity index (χ1v) is 7.51. The van der Waals surface area contributed by atoms with Gasteiger partial charge in [0.25, 0.3) is 0 Å². The third-order valence-electron chi connectivity index (χ3n) is 4.43. The summed E-state index contributed by atoms with van der Waals surface area (Å²) in [6.07, 6.45) is 4.32. The summed E-state index contributed by atoms with van der Waals surface area (Å²) >= 11 is 0. The molecule has 3 heterocycles. The molecule has 3 nitrogen and oxygen atoms in total. The highest BCUT2D eigenvalue weighted by Crippen LogP contribution is 2.34. The van der Waals surface area contributed by atoms with E-state index in [0.29, 0.717) is 24.8 Å². The maximum atomic E-state index is 12.9. The van der Waals surface area contributed by atoms with Crippen molar-refractivity contribution >= 4 is 0 Å². The number of hydrogen-bond donors (Lipinski definition) is 1. The molecule has 21 heavy (non-hydrogen) atoms. The Labute approximate surface area is 123 Å². The quantitative estimate of drug-likeness (QED) is 0.934. The zero-order valence-electron chi connectivity index (χ0n) is 11.7. The molecule has 2 bridgehead atoms. The zero-order valence-corrected chi connectivity index (χ0v) is 11.7. The lowest BCUT2D eigenvalue weighted by Gasteiger charge is -2.19. The van der Waals surface area contributed by atoms with Gasteiger partial charge in [0.05, 0.1) is 18.8 Å². The monoisotopic (exact) mass is 287 g/mol. The third kappa shape index (κ3) is 2.61. The van der Waals surface area contributed by atoms with Gasteiger partial charge in [-0.25, -0.2) is 4.39 Å². The van der Waals surface area contributed by atoms with E-state index >= 15 is 0 Å². The first-order valence-electron chi connectivity index (χ1n) is 7.51. The van der Waals surface area contributed by atoms with Crippen LogP contribution < -0.4 is 5.32 Å². The Balaban J connectivity index is 1.39. The second-order valence-corrected chi connectivity index (χ2v) is 5.87. The number of rotatable bonds is 4. The molecule has 0 amide bonds. The molecule has 4 rings (SSSR count). The Morgan fingerprint density at radius 1 is 1.10 bits per heavy atom. The summed E-state index contributed by atoms with van der Waals surface area (Å²) < 4.78 is 24.6. The number of furan rings is 1. The van der Waals surface area contributed by atoms with Crippen molar-refractivity contribution in [3.63, 3.8) is 0 Å². The molecule has 0 saturated carbocycles. The van der Waals surface area contributed by atoms with Gasteiger partial charge >= 0.3 is 0 Å². The van der Waals surface area contributed by atoms with Crippen LogP contribution in [0.2, 0.25) is 0 Å². The van der Waals surface area contributed by atoms with E-state index in [0.717, 1.165) is 23.5 Å². The van der Waals surface area contributed by atoms with Gasteiger partial charge in [-0.2, -0.15) is 0 Å². The Kier molecular flexibility index (Phi) is 3.28. The number of ether oxygens (including phenoxy) is 1. The SMILES string of the molecule is Fc1ccc(-c2ccc(CNC3CC4CCC3O4)o2)cc1. The summed E-state index contributed by atoms with van der Waals surface area (Å²) in [5.41, 5.74) is 0.894. The standard InChI is InChI=1S/C17H18FNO2/c18-12-3-1-11(2-4-12)16-7-6-14(21-16)10-19-15-9-13-5-8-17(15)20-13/h1-4,6-7,13,15,17,19H,5,8-10H2. The van der Waals surface area contributed by atoms with E-state index in [9.17, 15) is 4.39 Å². The minimum absolute atomic E-state index is 0.233. The molecule has 3 unspecified atom stereocenters. The second kappa shape index (κ2) is 5.28. The highest BCUT2D eigenvalue weighted by Gasteiger charge is 2.40. The molecular weight excluding hydrogens is 269 g/mol. The third-order valence-corrected chi connectivity index (χ3v) is 4.43. The molecule has 0 spiro atoms. The molecule has 0 aliphatic carbocycles. The summed E-state index contributed by atoms with van der Waals surface area (Å²) in [7, 11) is 0. The van der Waals surface area contributed by atoms with Gasteiger partial charge in [0.2, 0.25) is 0 Å². The van der Waals surface area contributed by atoms with Crippen LogP contribution in [0.3, 0.4) is 0 Å². The maximum absolute atomic E-state index is 12.9. The molecule has 2 aliphatic heterocycles. The van der Waals surface area contributed by atoms with Gasteiger partial charge in [-0.1, -0.05) is 0 Å².